The van der Waals surface area contributed by atoms with Gasteiger partial charge < -0.3 is 19.7 Å². The number of hydrogen-bond acceptors (Lipinski definition) is 6. The molecule has 2 heterocycles. The van der Waals surface area contributed by atoms with Gasteiger partial charge in [-0.2, -0.15) is 0 Å². The topological polar surface area (TPSA) is 71.1 Å². The van der Waals surface area contributed by atoms with Crippen LogP contribution in [0.2, 0.25) is 0 Å². The number of cyclic esters (lactones) is 1. The van der Waals surface area contributed by atoms with Crippen LogP contribution in [0.4, 0.5) is 20.6 Å². The summed E-state index contributed by atoms with van der Waals surface area (Å²) in [6.07, 6.45) is -1.11. The van der Waals surface area contributed by atoms with Gasteiger partial charge in [0.05, 0.1) is 17.9 Å². The van der Waals surface area contributed by atoms with Crippen LogP contribution < -0.4 is 15.1 Å². The van der Waals surface area contributed by atoms with Crippen LogP contribution in [0.25, 0.3) is 0 Å². The fourth-order valence-corrected chi connectivity index (χ4v) is 2.86. The monoisotopic (exact) mass is 337 g/mol. The van der Waals surface area contributed by atoms with Crippen LogP contribution in [0.1, 0.15) is 6.92 Å². The van der Waals surface area contributed by atoms with E-state index < -0.39 is 18.2 Å². The molecule has 2 aliphatic heterocycles. The summed E-state index contributed by atoms with van der Waals surface area (Å²) in [7, 11) is 0. The van der Waals surface area contributed by atoms with Gasteiger partial charge >= 0.3 is 12.1 Å². The van der Waals surface area contributed by atoms with Gasteiger partial charge in [0, 0.05) is 33.1 Å². The number of halogens is 1. The van der Waals surface area contributed by atoms with Crippen molar-refractivity contribution in [3.63, 3.8) is 0 Å². The average Bonchev–Trinajstić information content (AvgIpc) is 2.94. The Kier molecular flexibility index (Phi) is 4.84. The molecule has 0 aliphatic carbocycles. The second-order valence-electron chi connectivity index (χ2n) is 5.79. The Morgan fingerprint density at radius 1 is 1.42 bits per heavy atom. The quantitative estimate of drug-likeness (QED) is 0.831. The van der Waals surface area contributed by atoms with Gasteiger partial charge in [-0.25, -0.2) is 9.18 Å². The molecule has 2 aliphatic rings. The summed E-state index contributed by atoms with van der Waals surface area (Å²) in [5.74, 6) is -0.804. The summed E-state index contributed by atoms with van der Waals surface area (Å²) >= 11 is 0. The van der Waals surface area contributed by atoms with E-state index in [-0.39, 0.29) is 19.0 Å². The molecule has 24 heavy (non-hydrogen) atoms. The van der Waals surface area contributed by atoms with Gasteiger partial charge in [0.25, 0.3) is 0 Å². The zero-order chi connectivity index (χ0) is 17.1. The Hall–Kier alpha value is -2.35. The number of anilines is 2. The number of benzene rings is 1. The van der Waals surface area contributed by atoms with Crippen molar-refractivity contribution in [2.45, 2.75) is 13.0 Å². The van der Waals surface area contributed by atoms with Gasteiger partial charge in [-0.05, 0) is 18.2 Å². The molecule has 0 unspecified atom stereocenters. The number of piperazine rings is 1. The second kappa shape index (κ2) is 7.04. The van der Waals surface area contributed by atoms with E-state index in [4.69, 9.17) is 9.47 Å². The number of carbonyl (C=O) groups is 2. The molecule has 2 saturated heterocycles. The Balaban J connectivity index is 1.69. The van der Waals surface area contributed by atoms with Crippen molar-refractivity contribution in [3.8, 4) is 0 Å². The van der Waals surface area contributed by atoms with Gasteiger partial charge in [-0.1, -0.05) is 0 Å². The third-order valence-electron chi connectivity index (χ3n) is 4.05. The normalized spacial score (nSPS) is 20.9. The maximum Gasteiger partial charge on any atom is 0.414 e. The van der Waals surface area contributed by atoms with E-state index in [0.717, 1.165) is 26.2 Å². The Morgan fingerprint density at radius 3 is 2.83 bits per heavy atom. The highest BCUT2D eigenvalue weighted by Gasteiger charge is 2.33. The lowest BCUT2D eigenvalue weighted by Gasteiger charge is -2.30. The molecule has 7 nitrogen and oxygen atoms in total. The van der Waals surface area contributed by atoms with Crippen LogP contribution in [0.15, 0.2) is 18.2 Å². The van der Waals surface area contributed by atoms with Crippen molar-refractivity contribution in [1.29, 1.82) is 0 Å². The maximum absolute atomic E-state index is 14.5. The molecule has 3 rings (SSSR count). The van der Waals surface area contributed by atoms with Crippen molar-refractivity contribution >= 4 is 23.4 Å². The zero-order valence-electron chi connectivity index (χ0n) is 13.5. The number of amides is 1. The first-order chi connectivity index (χ1) is 11.5. The molecule has 1 amide bonds. The van der Waals surface area contributed by atoms with E-state index in [0.29, 0.717) is 11.4 Å². The highest BCUT2D eigenvalue weighted by Crippen LogP contribution is 2.28. The third-order valence-corrected chi connectivity index (χ3v) is 4.05. The molecule has 1 aromatic carbocycles. The predicted molar refractivity (Wildman–Crippen MR) is 85.7 cm³/mol. The molecule has 1 atom stereocenters. The number of ether oxygens (including phenoxy) is 2. The van der Waals surface area contributed by atoms with Gasteiger partial charge in [0.15, 0.2) is 6.10 Å². The first kappa shape index (κ1) is 16.5. The molecular weight excluding hydrogens is 317 g/mol. The van der Waals surface area contributed by atoms with Crippen LogP contribution in [0.5, 0.6) is 0 Å². The van der Waals surface area contributed by atoms with Crippen LogP contribution in [0, 0.1) is 5.82 Å². The van der Waals surface area contributed by atoms with Crippen molar-refractivity contribution in [2.75, 3.05) is 49.1 Å². The number of nitrogens with one attached hydrogen (secondary N) is 1. The summed E-state index contributed by atoms with van der Waals surface area (Å²) in [5.41, 5.74) is 0.964. The fourth-order valence-electron chi connectivity index (χ4n) is 2.86. The van der Waals surface area contributed by atoms with Crippen LogP contribution >= 0.6 is 0 Å². The van der Waals surface area contributed by atoms with Crippen LogP contribution in [-0.2, 0) is 14.3 Å². The van der Waals surface area contributed by atoms with Gasteiger partial charge in [-0.3, -0.25) is 9.69 Å². The lowest BCUT2D eigenvalue weighted by molar-refractivity contribution is -0.143. The maximum atomic E-state index is 14.5. The number of hydrogen-bond donors (Lipinski definition) is 1. The Labute approximate surface area is 139 Å². The highest BCUT2D eigenvalue weighted by atomic mass is 19.1. The van der Waals surface area contributed by atoms with Crippen LogP contribution in [0.3, 0.4) is 0 Å². The van der Waals surface area contributed by atoms with E-state index in [1.54, 1.807) is 12.1 Å². The Morgan fingerprint density at radius 2 is 2.17 bits per heavy atom. The minimum atomic E-state index is -0.568. The molecule has 1 N–H and O–H groups in total. The first-order valence-corrected chi connectivity index (χ1v) is 7.91. The van der Waals surface area contributed by atoms with E-state index in [1.807, 2.05) is 4.90 Å². The smallest absolute Gasteiger partial charge is 0.414 e. The molecule has 2 fully saturated rings. The molecule has 1 aromatic rings. The fraction of sp³-hybridized carbons (Fsp3) is 0.500. The largest absolute Gasteiger partial charge is 0.462 e. The van der Waals surface area contributed by atoms with Gasteiger partial charge in [0.1, 0.15) is 12.4 Å². The summed E-state index contributed by atoms with van der Waals surface area (Å²) < 4.78 is 24.4. The molecule has 0 radical (unpaired) electrons. The van der Waals surface area contributed by atoms with Gasteiger partial charge in [-0.15, -0.1) is 0 Å². The lowest BCUT2D eigenvalue weighted by Crippen LogP contribution is -2.43. The first-order valence-electron chi connectivity index (χ1n) is 7.91. The summed E-state index contributed by atoms with van der Waals surface area (Å²) in [4.78, 5) is 26.1. The highest BCUT2D eigenvalue weighted by molar-refractivity contribution is 5.90. The minimum absolute atomic E-state index is 0.00107. The average molecular weight is 337 g/mol. The number of esters is 1. The van der Waals surface area contributed by atoms with E-state index in [1.165, 1.54) is 17.9 Å². The lowest BCUT2D eigenvalue weighted by atomic mass is 10.2. The molecule has 0 aromatic heterocycles. The van der Waals surface area contributed by atoms with Crippen molar-refractivity contribution < 1.29 is 23.5 Å². The molecule has 0 bridgehead atoms. The molecular formula is C16H20FN3O4. The van der Waals surface area contributed by atoms with Crippen molar-refractivity contribution in [2.24, 2.45) is 0 Å². The molecule has 8 heteroatoms. The van der Waals surface area contributed by atoms with E-state index in [2.05, 4.69) is 5.32 Å². The number of nitrogens with zero attached hydrogens (tertiary/aromatic N) is 2. The van der Waals surface area contributed by atoms with Crippen molar-refractivity contribution in [1.82, 2.24) is 5.32 Å². The minimum Gasteiger partial charge on any atom is -0.462 e. The van der Waals surface area contributed by atoms with Crippen LogP contribution in [-0.4, -0.2) is 57.5 Å². The molecule has 130 valence electrons. The number of carbonyl (C=O) groups excluding carboxylic acids is 2. The summed E-state index contributed by atoms with van der Waals surface area (Å²) in [6, 6.07) is 4.73. The van der Waals surface area contributed by atoms with Gasteiger partial charge in [0.2, 0.25) is 0 Å². The zero-order valence-corrected chi connectivity index (χ0v) is 13.5. The van der Waals surface area contributed by atoms with Crippen molar-refractivity contribution in [3.05, 3.63) is 24.0 Å². The summed E-state index contributed by atoms with van der Waals surface area (Å²) in [5, 5.41) is 3.22. The summed E-state index contributed by atoms with van der Waals surface area (Å²) in [6.45, 7) is 4.63. The second-order valence-corrected chi connectivity index (χ2v) is 5.79. The molecule has 0 saturated carbocycles. The SMILES string of the molecule is CC(=O)OC[C@H]1CN(c2ccc(N3CCNCC3)c(F)c2)C(=O)O1. The standard InChI is InChI=1S/C16H20FN3O4/c1-11(21)23-10-13-9-20(16(22)24-13)12-2-3-15(14(17)8-12)19-6-4-18-5-7-19/h2-3,8,13,18H,4-7,9-10H2,1H3/t13-/m1/s1. The van der Waals surface area contributed by atoms with E-state index in [9.17, 15) is 14.0 Å². The molecule has 0 spiro atoms. The number of rotatable bonds is 4. The third kappa shape index (κ3) is 3.59. The Bertz CT molecular complexity index is 634. The predicted octanol–water partition coefficient (Wildman–Crippen LogP) is 1.12. The van der Waals surface area contributed by atoms with E-state index >= 15 is 0 Å².